The normalized spacial score (nSPS) is 10.7. The fraction of sp³-hybridized carbons (Fsp3) is 0. The van der Waals surface area contributed by atoms with Gasteiger partial charge in [-0.05, 0) is 35.4 Å². The van der Waals surface area contributed by atoms with Crippen LogP contribution in [0.3, 0.4) is 0 Å². The van der Waals surface area contributed by atoms with Crippen LogP contribution in [0.2, 0.25) is 0 Å². The minimum Gasteiger partial charge on any atom is -0.508 e. The van der Waals surface area contributed by atoms with E-state index >= 15 is 0 Å². The minimum absolute atomic E-state index is 0.189. The maximum atomic E-state index is 13.6. The van der Waals surface area contributed by atoms with Gasteiger partial charge in [-0.25, -0.2) is 4.39 Å². The molecule has 2 aromatic carbocycles. The van der Waals surface area contributed by atoms with Crippen molar-refractivity contribution < 1.29 is 9.50 Å². The van der Waals surface area contributed by atoms with Crippen molar-refractivity contribution in [2.24, 2.45) is 0 Å². The molecule has 88 valence electrons. The van der Waals surface area contributed by atoms with E-state index in [1.54, 1.807) is 30.5 Å². The molecule has 1 heterocycles. The second-order valence-corrected chi connectivity index (χ2v) is 4.04. The zero-order chi connectivity index (χ0) is 12.5. The van der Waals surface area contributed by atoms with Gasteiger partial charge in [-0.1, -0.05) is 24.3 Å². The van der Waals surface area contributed by atoms with Crippen molar-refractivity contribution in [1.82, 2.24) is 4.98 Å². The molecule has 0 aliphatic carbocycles. The second kappa shape index (κ2) is 4.11. The molecule has 3 rings (SSSR count). The summed E-state index contributed by atoms with van der Waals surface area (Å²) in [6, 6.07) is 13.6. The highest BCUT2D eigenvalue weighted by molar-refractivity contribution is 5.94. The van der Waals surface area contributed by atoms with Crippen LogP contribution in [0, 0.1) is 5.82 Å². The van der Waals surface area contributed by atoms with E-state index < -0.39 is 0 Å². The van der Waals surface area contributed by atoms with E-state index in [2.05, 4.69) is 4.98 Å². The zero-order valence-electron chi connectivity index (χ0n) is 9.47. The van der Waals surface area contributed by atoms with Gasteiger partial charge in [0.1, 0.15) is 17.1 Å². The first-order chi connectivity index (χ1) is 8.75. The van der Waals surface area contributed by atoms with Crippen LogP contribution in [-0.2, 0) is 0 Å². The third-order valence-electron chi connectivity index (χ3n) is 2.88. The maximum Gasteiger partial charge on any atom is 0.149 e. The number of aromatic nitrogens is 1. The number of para-hydroxylation sites is 1. The van der Waals surface area contributed by atoms with Gasteiger partial charge in [0.25, 0.3) is 0 Å². The summed E-state index contributed by atoms with van der Waals surface area (Å²) in [5, 5.41) is 10.3. The Balaban J connectivity index is 2.33. The average molecular weight is 239 g/mol. The number of nitrogens with zero attached hydrogens (tertiary/aromatic N) is 1. The Morgan fingerprint density at radius 3 is 2.67 bits per heavy atom. The van der Waals surface area contributed by atoms with Crippen molar-refractivity contribution in [3.63, 3.8) is 0 Å². The fourth-order valence-corrected chi connectivity index (χ4v) is 2.07. The Morgan fingerprint density at radius 2 is 1.83 bits per heavy atom. The Labute approximate surface area is 103 Å². The Bertz CT molecular complexity index is 725. The van der Waals surface area contributed by atoms with E-state index in [1.807, 2.05) is 18.2 Å². The predicted octanol–water partition coefficient (Wildman–Crippen LogP) is 3.75. The number of halogens is 1. The third kappa shape index (κ3) is 1.70. The topological polar surface area (TPSA) is 33.1 Å². The largest absolute Gasteiger partial charge is 0.508 e. The summed E-state index contributed by atoms with van der Waals surface area (Å²) in [5.41, 5.74) is 2.04. The van der Waals surface area contributed by atoms with Crippen LogP contribution >= 0.6 is 0 Å². The van der Waals surface area contributed by atoms with Gasteiger partial charge < -0.3 is 5.11 Å². The molecule has 18 heavy (non-hydrogen) atoms. The van der Waals surface area contributed by atoms with E-state index in [0.29, 0.717) is 5.52 Å². The van der Waals surface area contributed by atoms with E-state index in [-0.39, 0.29) is 11.6 Å². The number of fused-ring (bicyclic) bond motifs is 1. The van der Waals surface area contributed by atoms with Gasteiger partial charge >= 0.3 is 0 Å². The number of hydrogen-bond acceptors (Lipinski definition) is 2. The zero-order valence-corrected chi connectivity index (χ0v) is 9.47. The summed E-state index contributed by atoms with van der Waals surface area (Å²) in [5.74, 6) is -0.150. The van der Waals surface area contributed by atoms with Gasteiger partial charge in [0.05, 0.1) is 0 Å². The van der Waals surface area contributed by atoms with Gasteiger partial charge in [0, 0.05) is 11.6 Å². The lowest BCUT2D eigenvalue weighted by Gasteiger charge is -2.07. The SMILES string of the molecule is Oc1cccc(-c2ccnc3c(F)cccc23)c1. The average Bonchev–Trinajstić information content (AvgIpc) is 2.39. The summed E-state index contributed by atoms with van der Waals surface area (Å²) in [4.78, 5) is 4.05. The number of rotatable bonds is 1. The highest BCUT2D eigenvalue weighted by Crippen LogP contribution is 2.30. The van der Waals surface area contributed by atoms with Gasteiger partial charge in [-0.3, -0.25) is 4.98 Å². The van der Waals surface area contributed by atoms with Crippen molar-refractivity contribution >= 4 is 10.9 Å². The van der Waals surface area contributed by atoms with Crippen LogP contribution in [0.25, 0.3) is 22.0 Å². The van der Waals surface area contributed by atoms with Crippen LogP contribution in [0.15, 0.2) is 54.7 Å². The third-order valence-corrected chi connectivity index (χ3v) is 2.88. The number of hydrogen-bond donors (Lipinski definition) is 1. The highest BCUT2D eigenvalue weighted by Gasteiger charge is 2.07. The quantitative estimate of drug-likeness (QED) is 0.701. The molecule has 0 spiro atoms. The lowest BCUT2D eigenvalue weighted by molar-refractivity contribution is 0.475. The van der Waals surface area contributed by atoms with E-state index in [1.165, 1.54) is 6.07 Å². The smallest absolute Gasteiger partial charge is 0.149 e. The molecule has 0 radical (unpaired) electrons. The molecule has 1 N–H and O–H groups in total. The summed E-state index contributed by atoms with van der Waals surface area (Å²) >= 11 is 0. The summed E-state index contributed by atoms with van der Waals surface area (Å²) in [6.45, 7) is 0. The highest BCUT2D eigenvalue weighted by atomic mass is 19.1. The lowest BCUT2D eigenvalue weighted by Crippen LogP contribution is -1.87. The Kier molecular flexibility index (Phi) is 2.45. The van der Waals surface area contributed by atoms with E-state index in [4.69, 9.17) is 0 Å². The molecule has 0 unspecified atom stereocenters. The van der Waals surface area contributed by atoms with Crippen molar-refractivity contribution in [2.75, 3.05) is 0 Å². The molecule has 0 aliphatic heterocycles. The molecule has 1 aromatic heterocycles. The van der Waals surface area contributed by atoms with Crippen LogP contribution < -0.4 is 0 Å². The molecule has 0 amide bonds. The molecule has 0 bridgehead atoms. The number of benzene rings is 2. The van der Waals surface area contributed by atoms with Crippen LogP contribution in [0.5, 0.6) is 5.75 Å². The molecule has 3 aromatic rings. The summed E-state index contributed by atoms with van der Waals surface area (Å²) in [7, 11) is 0. The van der Waals surface area contributed by atoms with E-state index in [0.717, 1.165) is 16.5 Å². The second-order valence-electron chi connectivity index (χ2n) is 4.04. The lowest BCUT2D eigenvalue weighted by atomic mass is 10.0. The first-order valence-corrected chi connectivity index (χ1v) is 5.58. The standard InChI is InChI=1S/C15H10FNO/c16-14-6-2-5-13-12(7-8-17-15(13)14)10-3-1-4-11(18)9-10/h1-9,18H. The molecule has 0 fully saturated rings. The molecule has 0 aliphatic rings. The van der Waals surface area contributed by atoms with Crippen molar-refractivity contribution in [1.29, 1.82) is 0 Å². The van der Waals surface area contributed by atoms with Gasteiger partial charge in [-0.2, -0.15) is 0 Å². The molecule has 2 nitrogen and oxygen atoms in total. The molecular weight excluding hydrogens is 229 g/mol. The van der Waals surface area contributed by atoms with Gasteiger partial charge in [0.15, 0.2) is 0 Å². The van der Waals surface area contributed by atoms with Crippen molar-refractivity contribution in [3.8, 4) is 16.9 Å². The van der Waals surface area contributed by atoms with Crippen LogP contribution in [-0.4, -0.2) is 10.1 Å². The predicted molar refractivity (Wildman–Crippen MR) is 68.8 cm³/mol. The Hall–Kier alpha value is -2.42. The van der Waals surface area contributed by atoms with Gasteiger partial charge in [-0.15, -0.1) is 0 Å². The number of pyridine rings is 1. The van der Waals surface area contributed by atoms with Crippen molar-refractivity contribution in [3.05, 3.63) is 60.5 Å². The summed E-state index contributed by atoms with van der Waals surface area (Å²) in [6.07, 6.45) is 1.57. The fourth-order valence-electron chi connectivity index (χ4n) is 2.07. The first-order valence-electron chi connectivity index (χ1n) is 5.58. The monoisotopic (exact) mass is 239 g/mol. The molecule has 3 heteroatoms. The van der Waals surface area contributed by atoms with Gasteiger partial charge in [0.2, 0.25) is 0 Å². The molecular formula is C15H10FNO. The molecule has 0 atom stereocenters. The summed E-state index contributed by atoms with van der Waals surface area (Å²) < 4.78 is 13.6. The van der Waals surface area contributed by atoms with Crippen molar-refractivity contribution in [2.45, 2.75) is 0 Å². The van der Waals surface area contributed by atoms with Crippen LogP contribution in [0.4, 0.5) is 4.39 Å². The minimum atomic E-state index is -0.338. The molecule has 0 saturated heterocycles. The van der Waals surface area contributed by atoms with Crippen LogP contribution in [0.1, 0.15) is 0 Å². The maximum absolute atomic E-state index is 13.6. The molecule has 0 saturated carbocycles. The number of phenols is 1. The number of phenolic OH excluding ortho intramolecular Hbond substituents is 1. The first kappa shape index (κ1) is 10.7. The van der Waals surface area contributed by atoms with E-state index in [9.17, 15) is 9.50 Å². The Morgan fingerprint density at radius 1 is 1.00 bits per heavy atom. The number of aromatic hydroxyl groups is 1.